The highest BCUT2D eigenvalue weighted by Crippen LogP contribution is 2.45. The van der Waals surface area contributed by atoms with Crippen LogP contribution in [0.1, 0.15) is 370 Å². The molecule has 0 aliphatic rings. The van der Waals surface area contributed by atoms with Crippen LogP contribution in [0.5, 0.6) is 0 Å². The molecule has 0 rings (SSSR count). The summed E-state index contributed by atoms with van der Waals surface area (Å²) in [6.45, 7) is 11.8. The van der Waals surface area contributed by atoms with Crippen LogP contribution in [0, 0.1) is 17.8 Å². The lowest BCUT2D eigenvalue weighted by atomic mass is 9.99. The van der Waals surface area contributed by atoms with Gasteiger partial charge >= 0.3 is 39.5 Å². The lowest BCUT2D eigenvalue weighted by Gasteiger charge is -2.21. The van der Waals surface area contributed by atoms with Crippen LogP contribution in [0.4, 0.5) is 0 Å². The molecule has 0 aromatic heterocycles. The predicted molar refractivity (Wildman–Crippen MR) is 372 cm³/mol. The molecule has 0 aromatic carbocycles. The maximum atomic E-state index is 13.1. The summed E-state index contributed by atoms with van der Waals surface area (Å²) in [5, 5.41) is 10.6. The minimum atomic E-state index is -4.95. The number of hydrogen-bond acceptors (Lipinski definition) is 15. The van der Waals surface area contributed by atoms with E-state index in [0.717, 1.165) is 115 Å². The fourth-order valence-electron chi connectivity index (χ4n) is 11.0. The summed E-state index contributed by atoms with van der Waals surface area (Å²) in [7, 11) is -9.90. The van der Waals surface area contributed by atoms with E-state index in [9.17, 15) is 43.2 Å². The monoisotopic (exact) mass is 1350 g/mol. The van der Waals surface area contributed by atoms with E-state index in [-0.39, 0.29) is 25.7 Å². The van der Waals surface area contributed by atoms with E-state index in [1.165, 1.54) is 167 Å². The van der Waals surface area contributed by atoms with Crippen LogP contribution in [-0.4, -0.2) is 96.7 Å². The maximum absolute atomic E-state index is 13.1. The van der Waals surface area contributed by atoms with Crippen LogP contribution >= 0.6 is 15.6 Å². The molecule has 0 aromatic rings. The molecule has 0 saturated carbocycles. The molecule has 19 heteroatoms. The van der Waals surface area contributed by atoms with Gasteiger partial charge in [0.15, 0.2) is 12.2 Å². The van der Waals surface area contributed by atoms with Gasteiger partial charge in [-0.05, 0) is 43.4 Å². The summed E-state index contributed by atoms with van der Waals surface area (Å²) in [5.41, 5.74) is 0. The Morgan fingerprint density at radius 1 is 0.315 bits per heavy atom. The van der Waals surface area contributed by atoms with Gasteiger partial charge in [0.25, 0.3) is 0 Å². The predicted octanol–water partition coefficient (Wildman–Crippen LogP) is 21.0. The van der Waals surface area contributed by atoms with Gasteiger partial charge in [0, 0.05) is 25.7 Å². The van der Waals surface area contributed by atoms with Crippen molar-refractivity contribution in [1.82, 2.24) is 0 Å². The molecule has 6 atom stereocenters. The second kappa shape index (κ2) is 63.8. The molecule has 17 nitrogen and oxygen atoms in total. The van der Waals surface area contributed by atoms with E-state index in [1.807, 2.05) is 0 Å². The number of hydrogen-bond donors (Lipinski definition) is 3. The van der Waals surface area contributed by atoms with Crippen molar-refractivity contribution in [2.45, 2.75) is 388 Å². The van der Waals surface area contributed by atoms with E-state index in [4.69, 9.17) is 37.0 Å². The topological polar surface area (TPSA) is 237 Å². The van der Waals surface area contributed by atoms with Crippen LogP contribution in [0.3, 0.4) is 0 Å². The summed E-state index contributed by atoms with van der Waals surface area (Å²) in [4.78, 5) is 72.5. The number of aliphatic hydroxyl groups is 1. The van der Waals surface area contributed by atoms with Gasteiger partial charge < -0.3 is 33.8 Å². The molecule has 0 bridgehead atoms. The largest absolute Gasteiger partial charge is 0.472 e. The van der Waals surface area contributed by atoms with Crippen molar-refractivity contribution >= 4 is 39.5 Å². The summed E-state index contributed by atoms with van der Waals surface area (Å²) >= 11 is 0. The van der Waals surface area contributed by atoms with Gasteiger partial charge in [-0.2, -0.15) is 0 Å². The Hall–Kier alpha value is -1.94. The van der Waals surface area contributed by atoms with E-state index in [2.05, 4.69) is 48.5 Å². The number of carbonyl (C=O) groups is 4. The molecule has 546 valence electrons. The average molecular weight is 1350 g/mol. The SMILES string of the molecule is CCCCCCCCCC(=O)OC[C@H](COP(=O)(O)OC[C@H](O)COP(=O)(O)OC[C@@H](COC(=O)CCCCCCCCCCCCCCCCC(C)C)OC(=O)CCCCCCCCCCCCCCCCC(C)CC)OC(=O)CCCCCCCCCC(C)C. The zero-order valence-electron chi connectivity index (χ0n) is 60.0. The molecular formula is C73H142O17P2. The summed E-state index contributed by atoms with van der Waals surface area (Å²) in [6, 6.07) is 0. The van der Waals surface area contributed by atoms with Crippen molar-refractivity contribution in [3.63, 3.8) is 0 Å². The number of unbranched alkanes of at least 4 members (excludes halogenated alkanes) is 38. The molecule has 3 unspecified atom stereocenters. The Labute approximate surface area is 562 Å². The highest BCUT2D eigenvalue weighted by molar-refractivity contribution is 7.47. The van der Waals surface area contributed by atoms with Crippen LogP contribution in [0.15, 0.2) is 0 Å². The van der Waals surface area contributed by atoms with Crippen molar-refractivity contribution in [3.8, 4) is 0 Å². The van der Waals surface area contributed by atoms with E-state index >= 15 is 0 Å². The Morgan fingerprint density at radius 2 is 0.554 bits per heavy atom. The zero-order chi connectivity index (χ0) is 68.0. The molecule has 0 saturated heterocycles. The van der Waals surface area contributed by atoms with Gasteiger partial charge in [0.1, 0.15) is 19.3 Å². The van der Waals surface area contributed by atoms with Gasteiger partial charge in [-0.25, -0.2) is 9.13 Å². The number of aliphatic hydroxyl groups excluding tert-OH is 1. The van der Waals surface area contributed by atoms with E-state index < -0.39 is 97.5 Å². The van der Waals surface area contributed by atoms with Crippen molar-refractivity contribution in [2.75, 3.05) is 39.6 Å². The standard InChI is InChI=1S/C73H142O17P2/c1-8-10-11-12-30-40-47-54-70(75)83-60-68(90-73(78)57-50-43-36-29-32-38-45-52-65(5)6)62-87-91(79,80)85-58-67(74)59-86-92(81,82)88-63-69(61-84-71(76)55-48-41-34-27-23-19-15-13-17-21-25-31-37-44-51-64(3)4)89-72(77)56-49-42-35-28-24-20-16-14-18-22-26-33-39-46-53-66(7)9-2/h64-69,74H,8-63H2,1-7H3,(H,79,80)(H,81,82)/t66?,67-,68+,69+/m0/s1. The normalized spacial score (nSPS) is 14.4. The van der Waals surface area contributed by atoms with Gasteiger partial charge in [-0.3, -0.25) is 37.3 Å². The molecule has 0 spiro atoms. The van der Waals surface area contributed by atoms with Crippen molar-refractivity contribution in [2.24, 2.45) is 17.8 Å². The third-order valence-corrected chi connectivity index (χ3v) is 19.1. The van der Waals surface area contributed by atoms with Crippen LogP contribution in [-0.2, 0) is 65.4 Å². The van der Waals surface area contributed by atoms with Gasteiger partial charge in [0.05, 0.1) is 26.4 Å². The number of rotatable bonds is 71. The van der Waals surface area contributed by atoms with Gasteiger partial charge in [0.2, 0.25) is 0 Å². The third kappa shape index (κ3) is 65.4. The lowest BCUT2D eigenvalue weighted by molar-refractivity contribution is -0.161. The smallest absolute Gasteiger partial charge is 0.462 e. The van der Waals surface area contributed by atoms with Crippen molar-refractivity contribution in [1.29, 1.82) is 0 Å². The first kappa shape index (κ1) is 90.1. The molecule has 0 aliphatic heterocycles. The molecule has 0 heterocycles. The molecule has 0 amide bonds. The summed E-state index contributed by atoms with van der Waals surface area (Å²) < 4.78 is 68.3. The Balaban J connectivity index is 5.19. The molecular weight excluding hydrogens is 1210 g/mol. The molecule has 0 fully saturated rings. The number of ether oxygens (including phenoxy) is 4. The van der Waals surface area contributed by atoms with Crippen molar-refractivity contribution in [3.05, 3.63) is 0 Å². The third-order valence-electron chi connectivity index (χ3n) is 17.2. The number of esters is 4. The molecule has 0 aliphatic carbocycles. The second-order valence-electron chi connectivity index (χ2n) is 27.5. The highest BCUT2D eigenvalue weighted by Gasteiger charge is 2.30. The summed E-state index contributed by atoms with van der Waals surface area (Å²) in [6.07, 6.45) is 48.8. The first-order valence-electron chi connectivity index (χ1n) is 37.9. The fourth-order valence-corrected chi connectivity index (χ4v) is 12.6. The van der Waals surface area contributed by atoms with Gasteiger partial charge in [-0.1, -0.05) is 318 Å². The zero-order valence-corrected chi connectivity index (χ0v) is 61.8. The molecule has 92 heavy (non-hydrogen) atoms. The van der Waals surface area contributed by atoms with Crippen LogP contribution < -0.4 is 0 Å². The quantitative estimate of drug-likeness (QED) is 0.0222. The molecule has 0 radical (unpaired) electrons. The number of phosphoric acid groups is 2. The minimum Gasteiger partial charge on any atom is -0.462 e. The van der Waals surface area contributed by atoms with E-state index in [1.54, 1.807) is 0 Å². The Bertz CT molecular complexity index is 1800. The van der Waals surface area contributed by atoms with Crippen LogP contribution in [0.2, 0.25) is 0 Å². The Kier molecular flexibility index (Phi) is 62.4. The van der Waals surface area contributed by atoms with E-state index in [0.29, 0.717) is 31.6 Å². The summed E-state index contributed by atoms with van der Waals surface area (Å²) in [5.74, 6) is 0.213. The second-order valence-corrected chi connectivity index (χ2v) is 30.4. The average Bonchev–Trinajstić information content (AvgIpc) is 3.61. The minimum absolute atomic E-state index is 0.103. The molecule has 3 N–H and O–H groups in total. The van der Waals surface area contributed by atoms with Gasteiger partial charge in [-0.15, -0.1) is 0 Å². The van der Waals surface area contributed by atoms with Crippen molar-refractivity contribution < 1.29 is 80.2 Å². The van der Waals surface area contributed by atoms with Crippen LogP contribution in [0.25, 0.3) is 0 Å². The number of phosphoric ester groups is 2. The first-order valence-corrected chi connectivity index (χ1v) is 40.9. The highest BCUT2D eigenvalue weighted by atomic mass is 31.2. The Morgan fingerprint density at radius 3 is 0.826 bits per heavy atom. The number of carbonyl (C=O) groups excluding carboxylic acids is 4. The lowest BCUT2D eigenvalue weighted by Crippen LogP contribution is -2.30. The first-order chi connectivity index (χ1) is 44.3. The fraction of sp³-hybridized carbons (Fsp3) is 0.945. The maximum Gasteiger partial charge on any atom is 0.472 e.